The zero-order valence-electron chi connectivity index (χ0n) is 28.7. The van der Waals surface area contributed by atoms with Gasteiger partial charge in [0, 0.05) is 29.4 Å². The Morgan fingerprint density at radius 1 is 0.518 bits per heavy atom. The summed E-state index contributed by atoms with van der Waals surface area (Å²) in [5.41, 5.74) is 0.421. The molecule has 6 N–H and O–H groups in total. The number of ketones is 2. The normalized spacial score (nSPS) is 16.1. The summed E-state index contributed by atoms with van der Waals surface area (Å²) in [7, 11) is -9.14. The van der Waals surface area contributed by atoms with Crippen LogP contribution in [0.3, 0.4) is 0 Å². The molecule has 0 fully saturated rings. The number of aromatic hydroxyl groups is 2. The highest BCUT2D eigenvalue weighted by molar-refractivity contribution is 7.86. The monoisotopic (exact) mass is 791 g/mol. The number of carbonyl (C=O) groups excluding carboxylic acids is 2. The second-order valence-corrected chi connectivity index (χ2v) is 15.6. The molecule has 0 amide bonds. The van der Waals surface area contributed by atoms with E-state index in [4.69, 9.17) is 0 Å². The Morgan fingerprint density at radius 3 is 1.36 bits per heavy atom. The van der Waals surface area contributed by atoms with Crippen molar-refractivity contribution in [1.82, 2.24) is 0 Å². The molecule has 2 aliphatic carbocycles. The highest BCUT2D eigenvalue weighted by atomic mass is 32.2. The van der Waals surface area contributed by atoms with Gasteiger partial charge < -0.3 is 25.3 Å². The van der Waals surface area contributed by atoms with Gasteiger partial charge >= 0.3 is 0 Å². The number of nitrogens with zero attached hydrogens (tertiary/aromatic N) is 1. The lowest BCUT2D eigenvalue weighted by atomic mass is 9.76. The maximum atomic E-state index is 13.7. The number of benzene rings is 5. The van der Waals surface area contributed by atoms with Crippen LogP contribution in [0.4, 0.5) is 17.1 Å². The van der Waals surface area contributed by atoms with E-state index < -0.39 is 92.8 Å². The van der Waals surface area contributed by atoms with Gasteiger partial charge in [0.25, 0.3) is 20.2 Å². The average Bonchev–Trinajstić information content (AvgIpc) is 3.15. The molecule has 0 heterocycles. The van der Waals surface area contributed by atoms with E-state index in [0.29, 0.717) is 28.2 Å². The minimum absolute atomic E-state index is 0.0961. The molecule has 0 radical (unpaired) electrons. The zero-order valence-corrected chi connectivity index (χ0v) is 30.3. The third-order valence-electron chi connectivity index (χ3n) is 9.26. The van der Waals surface area contributed by atoms with Crippen LogP contribution in [0.2, 0.25) is 0 Å². The molecule has 0 atom stereocenters. The van der Waals surface area contributed by atoms with Crippen LogP contribution in [-0.4, -0.2) is 57.9 Å². The molecule has 0 saturated heterocycles. The van der Waals surface area contributed by atoms with Gasteiger partial charge in [-0.05, 0) is 77.4 Å². The molecule has 0 bridgehead atoms. The van der Waals surface area contributed by atoms with Gasteiger partial charge in [-0.2, -0.15) is 16.8 Å². The fourth-order valence-corrected chi connectivity index (χ4v) is 7.69. The van der Waals surface area contributed by atoms with Crippen LogP contribution < -0.4 is 4.90 Å². The third kappa shape index (κ3) is 6.86. The molecule has 15 heteroatoms. The third-order valence-corrected chi connectivity index (χ3v) is 11.0. The molecule has 0 unspecified atom stereocenters. The number of rotatable bonds is 9. The van der Waals surface area contributed by atoms with Crippen LogP contribution in [0.15, 0.2) is 172 Å². The number of aliphatic hydroxyl groups excluding tert-OH is 2. The van der Waals surface area contributed by atoms with Crippen molar-refractivity contribution in [1.29, 1.82) is 0 Å². The first kappa shape index (κ1) is 37.5. The summed E-state index contributed by atoms with van der Waals surface area (Å²) in [4.78, 5) is 28.2. The molecule has 0 aromatic heterocycles. The van der Waals surface area contributed by atoms with Crippen molar-refractivity contribution in [2.45, 2.75) is 15.7 Å². The van der Waals surface area contributed by atoms with Gasteiger partial charge in [0.2, 0.25) is 5.78 Å². The van der Waals surface area contributed by atoms with E-state index in [1.165, 1.54) is 36.4 Å². The molecular weight excluding hydrogens is 763 g/mol. The van der Waals surface area contributed by atoms with E-state index in [-0.39, 0.29) is 5.57 Å². The number of Topliss-reactive ketones (excluding diaryl/α,β-unsaturated/α-hetero) is 1. The van der Waals surface area contributed by atoms with E-state index in [2.05, 4.69) is 0 Å². The van der Waals surface area contributed by atoms with Crippen LogP contribution in [0.1, 0.15) is 22.6 Å². The summed E-state index contributed by atoms with van der Waals surface area (Å²) in [6.45, 7) is 0. The van der Waals surface area contributed by atoms with Crippen LogP contribution >= 0.6 is 0 Å². The number of phenolic OH excluding ortho intramolecular Hbond substituents is 2. The summed E-state index contributed by atoms with van der Waals surface area (Å²) in [6.07, 6.45) is 2.19. The number of anilines is 3. The molecule has 5 aromatic rings. The number of carbonyl (C=O) groups is 2. The van der Waals surface area contributed by atoms with E-state index in [0.717, 1.165) is 36.4 Å². The molecular formula is C41H29NO12S2. The second-order valence-electron chi connectivity index (χ2n) is 12.7. The van der Waals surface area contributed by atoms with Crippen molar-refractivity contribution < 1.29 is 56.0 Å². The lowest BCUT2D eigenvalue weighted by molar-refractivity contribution is -0.114. The van der Waals surface area contributed by atoms with Gasteiger partial charge in [-0.25, -0.2) is 0 Å². The quantitative estimate of drug-likeness (QED) is 0.0654. The van der Waals surface area contributed by atoms with Gasteiger partial charge in [0.1, 0.15) is 23.0 Å². The summed E-state index contributed by atoms with van der Waals surface area (Å²) >= 11 is 0. The Balaban J connectivity index is 1.27. The van der Waals surface area contributed by atoms with Crippen molar-refractivity contribution in [3.8, 4) is 11.5 Å². The number of phenols is 2. The molecule has 0 saturated carbocycles. The minimum Gasteiger partial charge on any atom is -0.507 e. The molecule has 0 spiro atoms. The Bertz CT molecular complexity index is 2650. The first-order chi connectivity index (χ1) is 26.5. The summed E-state index contributed by atoms with van der Waals surface area (Å²) in [6, 6.07) is 30.5. The Hall–Kier alpha value is -6.78. The van der Waals surface area contributed by atoms with Crippen LogP contribution in [0, 0.1) is 0 Å². The van der Waals surface area contributed by atoms with Gasteiger partial charge in [0.15, 0.2) is 5.78 Å². The van der Waals surface area contributed by atoms with Crippen molar-refractivity contribution in [2.75, 3.05) is 4.90 Å². The van der Waals surface area contributed by atoms with Gasteiger partial charge in [-0.15, -0.1) is 0 Å². The maximum Gasteiger partial charge on any atom is 0.294 e. The van der Waals surface area contributed by atoms with Crippen LogP contribution in [0.5, 0.6) is 11.5 Å². The summed E-state index contributed by atoms with van der Waals surface area (Å²) < 4.78 is 65.6. The molecule has 56 heavy (non-hydrogen) atoms. The topological polar surface area (TPSA) is 227 Å². The van der Waals surface area contributed by atoms with Gasteiger partial charge in [0.05, 0.1) is 37.8 Å². The van der Waals surface area contributed by atoms with E-state index >= 15 is 0 Å². The predicted molar refractivity (Wildman–Crippen MR) is 204 cm³/mol. The first-order valence-corrected chi connectivity index (χ1v) is 19.4. The lowest BCUT2D eigenvalue weighted by Crippen LogP contribution is -2.27. The molecule has 0 aliphatic heterocycles. The second kappa shape index (κ2) is 14.1. The number of hydrogen-bond acceptors (Lipinski definition) is 11. The van der Waals surface area contributed by atoms with Gasteiger partial charge in [-0.3, -0.25) is 18.7 Å². The zero-order chi connectivity index (χ0) is 40.1. The molecule has 13 nitrogen and oxygen atoms in total. The van der Waals surface area contributed by atoms with Gasteiger partial charge in [-0.1, -0.05) is 60.7 Å². The molecule has 2 aliphatic rings. The molecule has 7 rings (SSSR count). The largest absolute Gasteiger partial charge is 0.507 e. The highest BCUT2D eigenvalue weighted by Crippen LogP contribution is 2.49. The number of para-hydroxylation sites is 2. The SMILES string of the molecule is O=C1C=C(C(c2ccc(S(=O)(=O)O)cc2)c2ccc(S(=O)(=O)O)cc2)C=C(O)C1=C1C(=O)C(c2c(O)cc(N(c3ccccc3)c3ccccc3)cc2O)=C1O. The first-order valence-electron chi connectivity index (χ1n) is 16.6. The number of allylic oxidation sites excluding steroid dienone is 6. The fourth-order valence-electron chi connectivity index (χ4n) is 6.73. The average molecular weight is 792 g/mol. The standard InChI is InChI=1S/C41H29NO12S2/c43-31-19-25(35(23-11-15-29(16-12-23)55(49,50)51)24-13-17-30(18-14-24)56(52,53)54)20-32(44)36(31)38-40(47)39(41(38)48)37-33(45)21-28(22-34(37)46)42(26-7-3-1-4-8-26)27-9-5-2-6-10-27/h1-22,35,43,45-47H,(H,49,50,51)(H,52,53,54). The van der Waals surface area contributed by atoms with Crippen molar-refractivity contribution in [3.63, 3.8) is 0 Å². The maximum absolute atomic E-state index is 13.7. The molecule has 5 aromatic carbocycles. The van der Waals surface area contributed by atoms with E-state index in [1.54, 1.807) is 4.90 Å². The Morgan fingerprint density at radius 2 is 0.964 bits per heavy atom. The smallest absolute Gasteiger partial charge is 0.294 e. The predicted octanol–water partition coefficient (Wildman–Crippen LogP) is 6.99. The number of hydrogen-bond donors (Lipinski definition) is 6. The van der Waals surface area contributed by atoms with Crippen LogP contribution in [-0.2, 0) is 29.8 Å². The van der Waals surface area contributed by atoms with Crippen molar-refractivity contribution in [2.24, 2.45) is 0 Å². The summed E-state index contributed by atoms with van der Waals surface area (Å²) in [5.74, 6) is -5.48. The summed E-state index contributed by atoms with van der Waals surface area (Å²) in [5, 5.41) is 44.8. The minimum atomic E-state index is -4.57. The number of aliphatic hydroxyl groups is 2. The highest BCUT2D eigenvalue weighted by Gasteiger charge is 2.43. The van der Waals surface area contributed by atoms with E-state index in [1.807, 2.05) is 60.7 Å². The van der Waals surface area contributed by atoms with E-state index in [9.17, 15) is 56.0 Å². The molecule has 282 valence electrons. The fraction of sp³-hybridized carbons (Fsp3) is 0.0244. The van der Waals surface area contributed by atoms with Crippen LogP contribution in [0.25, 0.3) is 5.57 Å². The van der Waals surface area contributed by atoms with Crippen molar-refractivity contribution >= 4 is 54.4 Å². The Labute approximate surface area is 319 Å². The van der Waals surface area contributed by atoms with Crippen molar-refractivity contribution in [3.05, 3.63) is 178 Å². The Kier molecular flexibility index (Phi) is 9.47. The lowest BCUT2D eigenvalue weighted by Gasteiger charge is -2.29.